The van der Waals surface area contributed by atoms with E-state index in [0.717, 1.165) is 19.1 Å². The first-order valence-electron chi connectivity index (χ1n) is 2.71. The molecule has 0 aliphatic carbocycles. The molecule has 0 amide bonds. The Kier molecular flexibility index (Phi) is 3.67. The Hall–Kier alpha value is -0.330. The van der Waals surface area contributed by atoms with E-state index in [1.165, 1.54) is 0 Å². The van der Waals surface area contributed by atoms with Crippen LogP contribution in [0.2, 0.25) is 0 Å². The van der Waals surface area contributed by atoms with Crippen LogP contribution in [0.15, 0.2) is 0 Å². The average Bonchev–Trinajstić information content (AvgIpc) is 1.61. The average molecular weight is 100 g/mol. The molecule has 0 spiro atoms. The van der Waals surface area contributed by atoms with Crippen LogP contribution in [0.5, 0.6) is 0 Å². The topological polar surface area (TPSA) is 17.1 Å². The summed E-state index contributed by atoms with van der Waals surface area (Å²) in [5.74, 6) is 0.671. The summed E-state index contributed by atoms with van der Waals surface area (Å²) in [5.41, 5.74) is 0. The number of carbonyl (C=O) groups excluding carboxylic acids is 1. The van der Waals surface area contributed by atoms with Crippen molar-refractivity contribution in [2.75, 3.05) is 0 Å². The lowest BCUT2D eigenvalue weighted by Gasteiger charge is -1.95. The third-order valence-electron chi connectivity index (χ3n) is 0.862. The highest BCUT2D eigenvalue weighted by Crippen LogP contribution is 1.99. The molecule has 0 fully saturated rings. The zero-order valence-corrected chi connectivity index (χ0v) is 4.98. The molecule has 0 unspecified atom stereocenters. The summed E-state index contributed by atoms with van der Waals surface area (Å²) in [5, 5.41) is 0. The van der Waals surface area contributed by atoms with Gasteiger partial charge in [0.1, 0.15) is 6.29 Å². The quantitative estimate of drug-likeness (QED) is 0.492. The fraction of sp³-hybridized carbons (Fsp3) is 0.833. The molecule has 0 saturated carbocycles. The number of rotatable bonds is 3. The predicted octanol–water partition coefficient (Wildman–Crippen LogP) is 1.62. The number of carbonyl (C=O) groups is 1. The van der Waals surface area contributed by atoms with E-state index in [0.29, 0.717) is 5.92 Å². The molecule has 0 heterocycles. The van der Waals surface area contributed by atoms with Gasteiger partial charge in [-0.05, 0) is 12.3 Å². The van der Waals surface area contributed by atoms with E-state index in [4.69, 9.17) is 0 Å². The second-order valence-electron chi connectivity index (χ2n) is 2.14. The lowest BCUT2D eigenvalue weighted by atomic mass is 10.1. The second-order valence-corrected chi connectivity index (χ2v) is 2.14. The van der Waals surface area contributed by atoms with E-state index >= 15 is 0 Å². The second kappa shape index (κ2) is 3.85. The van der Waals surface area contributed by atoms with Gasteiger partial charge in [-0.1, -0.05) is 13.8 Å². The molecule has 0 aliphatic heterocycles. The molecule has 0 aromatic rings. The number of hydrogen-bond donors (Lipinski definition) is 0. The zero-order valence-electron chi connectivity index (χ0n) is 4.98. The molecule has 0 rings (SSSR count). The van der Waals surface area contributed by atoms with Crippen LogP contribution >= 0.6 is 0 Å². The molecule has 1 nitrogen and oxygen atoms in total. The third kappa shape index (κ3) is 5.67. The smallest absolute Gasteiger partial charge is 0.120 e. The molecule has 0 aromatic carbocycles. The Morgan fingerprint density at radius 3 is 2.29 bits per heavy atom. The van der Waals surface area contributed by atoms with E-state index in [1.54, 1.807) is 0 Å². The van der Waals surface area contributed by atoms with Gasteiger partial charge in [-0.2, -0.15) is 0 Å². The first kappa shape index (κ1) is 6.67. The van der Waals surface area contributed by atoms with Crippen LogP contribution in [0, 0.1) is 5.92 Å². The van der Waals surface area contributed by atoms with Crippen LogP contribution in [0.3, 0.4) is 0 Å². The normalized spacial score (nSPS) is 9.57. The molecule has 0 aliphatic rings. The Labute approximate surface area is 44.7 Å². The lowest BCUT2D eigenvalue weighted by molar-refractivity contribution is -0.108. The van der Waals surface area contributed by atoms with E-state index in [-0.39, 0.29) is 0 Å². The predicted molar refractivity (Wildman–Crippen MR) is 30.1 cm³/mol. The highest BCUT2D eigenvalue weighted by atomic mass is 16.1. The molecular weight excluding hydrogens is 88.1 g/mol. The van der Waals surface area contributed by atoms with Gasteiger partial charge in [-0.15, -0.1) is 0 Å². The van der Waals surface area contributed by atoms with Gasteiger partial charge in [0.15, 0.2) is 0 Å². The largest absolute Gasteiger partial charge is 0.303 e. The Balaban J connectivity index is 2.81. The van der Waals surface area contributed by atoms with Gasteiger partial charge in [-0.25, -0.2) is 0 Å². The maximum Gasteiger partial charge on any atom is 0.120 e. The molecule has 0 bridgehead atoms. The van der Waals surface area contributed by atoms with Crippen molar-refractivity contribution in [3.05, 3.63) is 0 Å². The minimum Gasteiger partial charge on any atom is -0.303 e. The van der Waals surface area contributed by atoms with E-state index in [2.05, 4.69) is 13.8 Å². The molecule has 0 aromatic heterocycles. The Morgan fingerprint density at radius 2 is 2.14 bits per heavy atom. The van der Waals surface area contributed by atoms with E-state index in [1.807, 2.05) is 0 Å². The summed E-state index contributed by atoms with van der Waals surface area (Å²) in [7, 11) is 0. The molecule has 42 valence electrons. The monoisotopic (exact) mass is 100 g/mol. The Morgan fingerprint density at radius 1 is 1.57 bits per heavy atom. The highest BCUT2D eigenvalue weighted by molar-refractivity contribution is 5.48. The fourth-order valence-electron chi connectivity index (χ4n) is 0.401. The summed E-state index contributed by atoms with van der Waals surface area (Å²) < 4.78 is 0. The van der Waals surface area contributed by atoms with Gasteiger partial charge >= 0.3 is 0 Å². The van der Waals surface area contributed by atoms with Gasteiger partial charge in [0.2, 0.25) is 0 Å². The van der Waals surface area contributed by atoms with E-state index in [9.17, 15) is 4.79 Å². The summed E-state index contributed by atoms with van der Waals surface area (Å²) in [6, 6.07) is 0. The van der Waals surface area contributed by atoms with E-state index < -0.39 is 0 Å². The van der Waals surface area contributed by atoms with Crippen LogP contribution in [0.25, 0.3) is 0 Å². The summed E-state index contributed by atoms with van der Waals surface area (Å²) in [6.45, 7) is 4.23. The van der Waals surface area contributed by atoms with Crippen molar-refractivity contribution in [2.45, 2.75) is 26.7 Å². The van der Waals surface area contributed by atoms with Crippen LogP contribution in [-0.4, -0.2) is 6.29 Å². The summed E-state index contributed by atoms with van der Waals surface area (Å²) in [6.07, 6.45) is 2.72. The molecular formula is C6H12O. The molecule has 0 N–H and O–H groups in total. The van der Waals surface area contributed by atoms with Gasteiger partial charge in [-0.3, -0.25) is 0 Å². The summed E-state index contributed by atoms with van der Waals surface area (Å²) >= 11 is 0. The fourth-order valence-corrected chi connectivity index (χ4v) is 0.401. The molecule has 0 radical (unpaired) electrons. The Bertz CT molecular complexity index is 48.1. The van der Waals surface area contributed by atoms with Crippen LogP contribution in [0.1, 0.15) is 26.7 Å². The van der Waals surface area contributed by atoms with Crippen molar-refractivity contribution in [3.63, 3.8) is 0 Å². The van der Waals surface area contributed by atoms with Crippen LogP contribution < -0.4 is 0 Å². The molecule has 7 heavy (non-hydrogen) atoms. The first-order chi connectivity index (χ1) is 3.27. The van der Waals surface area contributed by atoms with Crippen molar-refractivity contribution in [2.24, 2.45) is 5.92 Å². The molecule has 0 saturated heterocycles. The first-order valence-corrected chi connectivity index (χ1v) is 2.71. The molecule has 0 atom stereocenters. The van der Waals surface area contributed by atoms with Crippen LogP contribution in [-0.2, 0) is 4.79 Å². The van der Waals surface area contributed by atoms with Crippen molar-refractivity contribution >= 4 is 6.29 Å². The molecule has 1 heteroatoms. The van der Waals surface area contributed by atoms with Gasteiger partial charge < -0.3 is 4.79 Å². The number of aldehydes is 1. The van der Waals surface area contributed by atoms with Crippen LogP contribution in [0.4, 0.5) is 0 Å². The lowest BCUT2D eigenvalue weighted by Crippen LogP contribution is -1.85. The summed E-state index contributed by atoms with van der Waals surface area (Å²) in [4.78, 5) is 9.71. The minimum atomic E-state index is 0.671. The highest BCUT2D eigenvalue weighted by Gasteiger charge is 1.88. The van der Waals surface area contributed by atoms with Crippen molar-refractivity contribution in [3.8, 4) is 0 Å². The van der Waals surface area contributed by atoms with Gasteiger partial charge in [0.05, 0.1) is 0 Å². The maximum atomic E-state index is 9.71. The zero-order chi connectivity index (χ0) is 5.70. The van der Waals surface area contributed by atoms with Crippen molar-refractivity contribution in [1.82, 2.24) is 0 Å². The SMILES string of the molecule is CC(C)CCC=O. The van der Waals surface area contributed by atoms with Crippen molar-refractivity contribution in [1.29, 1.82) is 0 Å². The van der Waals surface area contributed by atoms with Gasteiger partial charge in [0, 0.05) is 6.42 Å². The van der Waals surface area contributed by atoms with Crippen molar-refractivity contribution < 1.29 is 4.79 Å². The standard InChI is InChI=1S/C6H12O/c1-6(2)4-3-5-7/h5-6H,3-4H2,1-2H3. The minimum absolute atomic E-state index is 0.671. The maximum absolute atomic E-state index is 9.71. The third-order valence-corrected chi connectivity index (χ3v) is 0.862. The van der Waals surface area contributed by atoms with Gasteiger partial charge in [0.25, 0.3) is 0 Å². The number of hydrogen-bond acceptors (Lipinski definition) is 1.